The van der Waals surface area contributed by atoms with Crippen LogP contribution in [-0.2, 0) is 0 Å². The monoisotopic (exact) mass is 504 g/mol. The molecule has 0 aliphatic heterocycles. The highest BCUT2D eigenvalue weighted by Crippen LogP contribution is 2.38. The van der Waals surface area contributed by atoms with Crippen molar-refractivity contribution in [3.8, 4) is 39.9 Å². The van der Waals surface area contributed by atoms with Crippen LogP contribution in [0.4, 0.5) is 0 Å². The fraction of sp³-hybridized carbons (Fsp3) is 0. The average molecular weight is 505 g/mol. The van der Waals surface area contributed by atoms with Gasteiger partial charge >= 0.3 is 0 Å². The van der Waals surface area contributed by atoms with E-state index in [1.165, 1.54) is 5.39 Å². The number of para-hydroxylation sites is 3. The van der Waals surface area contributed by atoms with Gasteiger partial charge < -0.3 is 13.4 Å². The van der Waals surface area contributed by atoms with Crippen molar-refractivity contribution in [2.75, 3.05) is 0 Å². The van der Waals surface area contributed by atoms with Gasteiger partial charge in [-0.1, -0.05) is 42.5 Å². The minimum absolute atomic E-state index is 0.558. The second-order valence-corrected chi connectivity index (χ2v) is 9.35. The van der Waals surface area contributed by atoms with Crippen LogP contribution in [0, 0.1) is 0 Å². The number of hydrogen-bond acceptors (Lipinski definition) is 5. The summed E-state index contributed by atoms with van der Waals surface area (Å²) in [5.41, 5.74) is 8.39. The minimum atomic E-state index is 0.558. The third-order valence-corrected chi connectivity index (χ3v) is 7.08. The first-order valence-electron chi connectivity index (χ1n) is 12.7. The SMILES string of the molecule is c1ccc(-c2cc(-n3c4ccccc4c4ccc(-c5nc6ccccc6o5)cc43)ccc2-c2ncco2)nc1. The molecule has 6 nitrogen and oxygen atoms in total. The lowest BCUT2D eigenvalue weighted by atomic mass is 10.0. The lowest BCUT2D eigenvalue weighted by Gasteiger charge is -2.13. The zero-order chi connectivity index (χ0) is 25.8. The van der Waals surface area contributed by atoms with E-state index >= 15 is 0 Å². The van der Waals surface area contributed by atoms with Crippen LogP contribution in [0.2, 0.25) is 0 Å². The molecule has 0 saturated carbocycles. The third kappa shape index (κ3) is 3.46. The van der Waals surface area contributed by atoms with Gasteiger partial charge in [0.2, 0.25) is 11.8 Å². The summed E-state index contributed by atoms with van der Waals surface area (Å²) in [6.45, 7) is 0. The molecule has 8 rings (SSSR count). The van der Waals surface area contributed by atoms with E-state index in [0.29, 0.717) is 11.8 Å². The van der Waals surface area contributed by atoms with Crippen molar-refractivity contribution in [3.05, 3.63) is 122 Å². The number of pyridine rings is 1. The Kier molecular flexibility index (Phi) is 4.72. The molecule has 0 spiro atoms. The van der Waals surface area contributed by atoms with Crippen LogP contribution in [0.3, 0.4) is 0 Å². The van der Waals surface area contributed by atoms with Crippen molar-refractivity contribution < 1.29 is 8.83 Å². The van der Waals surface area contributed by atoms with Gasteiger partial charge in [-0.3, -0.25) is 4.98 Å². The van der Waals surface area contributed by atoms with Gasteiger partial charge in [-0.2, -0.15) is 0 Å². The van der Waals surface area contributed by atoms with Gasteiger partial charge in [0, 0.05) is 39.3 Å². The van der Waals surface area contributed by atoms with Crippen LogP contribution in [0.15, 0.2) is 131 Å². The van der Waals surface area contributed by atoms with Crippen LogP contribution < -0.4 is 0 Å². The smallest absolute Gasteiger partial charge is 0.227 e. The van der Waals surface area contributed by atoms with Crippen molar-refractivity contribution in [2.24, 2.45) is 0 Å². The quantitative estimate of drug-likeness (QED) is 0.241. The number of aromatic nitrogens is 4. The molecule has 0 unspecified atom stereocenters. The molecule has 8 aromatic rings. The Morgan fingerprint density at radius 2 is 1.49 bits per heavy atom. The van der Waals surface area contributed by atoms with E-state index in [0.717, 1.165) is 55.6 Å². The molecule has 0 saturated heterocycles. The van der Waals surface area contributed by atoms with Crippen LogP contribution in [0.5, 0.6) is 0 Å². The Balaban J connectivity index is 1.39. The lowest BCUT2D eigenvalue weighted by Crippen LogP contribution is -1.97. The van der Waals surface area contributed by atoms with Crippen molar-refractivity contribution in [1.82, 2.24) is 19.5 Å². The fourth-order valence-corrected chi connectivity index (χ4v) is 5.33. The normalized spacial score (nSPS) is 11.6. The van der Waals surface area contributed by atoms with Gasteiger partial charge in [0.25, 0.3) is 0 Å². The van der Waals surface area contributed by atoms with Gasteiger partial charge in [-0.25, -0.2) is 9.97 Å². The van der Waals surface area contributed by atoms with E-state index in [-0.39, 0.29) is 0 Å². The number of rotatable bonds is 4. The van der Waals surface area contributed by atoms with Gasteiger partial charge in [0.15, 0.2) is 5.58 Å². The Hall–Kier alpha value is -5.49. The van der Waals surface area contributed by atoms with Crippen LogP contribution >= 0.6 is 0 Å². The van der Waals surface area contributed by atoms with E-state index in [1.807, 2.05) is 42.5 Å². The summed E-state index contributed by atoms with van der Waals surface area (Å²) < 4.78 is 14.1. The first-order chi connectivity index (χ1) is 19.3. The van der Waals surface area contributed by atoms with Gasteiger partial charge in [0.1, 0.15) is 11.8 Å². The lowest BCUT2D eigenvalue weighted by molar-refractivity contribution is 0.575. The molecule has 4 aromatic carbocycles. The summed E-state index contributed by atoms with van der Waals surface area (Å²) in [6.07, 6.45) is 5.05. The van der Waals surface area contributed by atoms with Gasteiger partial charge in [0.05, 0.1) is 22.9 Å². The average Bonchev–Trinajstić information content (AvgIpc) is 3.75. The Morgan fingerprint density at radius 3 is 2.36 bits per heavy atom. The predicted octanol–water partition coefficient (Wildman–Crippen LogP) is 8.31. The van der Waals surface area contributed by atoms with Crippen molar-refractivity contribution >= 4 is 32.9 Å². The van der Waals surface area contributed by atoms with E-state index in [4.69, 9.17) is 13.8 Å². The van der Waals surface area contributed by atoms with E-state index < -0.39 is 0 Å². The summed E-state index contributed by atoms with van der Waals surface area (Å²) in [4.78, 5) is 13.8. The molecule has 39 heavy (non-hydrogen) atoms. The first-order valence-corrected chi connectivity index (χ1v) is 12.7. The predicted molar refractivity (Wildman–Crippen MR) is 153 cm³/mol. The highest BCUT2D eigenvalue weighted by Gasteiger charge is 2.18. The Morgan fingerprint density at radius 1 is 0.615 bits per heavy atom. The molecular formula is C33H20N4O2. The summed E-state index contributed by atoms with van der Waals surface area (Å²) in [6, 6.07) is 34.9. The van der Waals surface area contributed by atoms with E-state index in [9.17, 15) is 0 Å². The second-order valence-electron chi connectivity index (χ2n) is 9.35. The highest BCUT2D eigenvalue weighted by molar-refractivity contribution is 6.10. The summed E-state index contributed by atoms with van der Waals surface area (Å²) in [5, 5.41) is 2.33. The second kappa shape index (κ2) is 8.53. The topological polar surface area (TPSA) is 69.9 Å². The van der Waals surface area contributed by atoms with Crippen LogP contribution in [0.25, 0.3) is 72.8 Å². The first kappa shape index (κ1) is 21.6. The molecule has 6 heteroatoms. The maximum absolute atomic E-state index is 6.11. The molecule has 4 aromatic heterocycles. The molecule has 0 aliphatic rings. The molecule has 4 heterocycles. The van der Waals surface area contributed by atoms with Gasteiger partial charge in [-0.15, -0.1) is 0 Å². The molecule has 0 N–H and O–H groups in total. The van der Waals surface area contributed by atoms with Crippen LogP contribution in [-0.4, -0.2) is 19.5 Å². The van der Waals surface area contributed by atoms with Crippen molar-refractivity contribution in [3.63, 3.8) is 0 Å². The fourth-order valence-electron chi connectivity index (χ4n) is 5.33. The van der Waals surface area contributed by atoms with Gasteiger partial charge in [-0.05, 0) is 60.7 Å². The van der Waals surface area contributed by atoms with E-state index in [1.54, 1.807) is 18.7 Å². The molecule has 0 amide bonds. The number of hydrogen-bond donors (Lipinski definition) is 0. The summed E-state index contributed by atoms with van der Waals surface area (Å²) in [7, 11) is 0. The Bertz CT molecular complexity index is 2090. The maximum atomic E-state index is 6.11. The highest BCUT2D eigenvalue weighted by atomic mass is 16.3. The molecule has 184 valence electrons. The van der Waals surface area contributed by atoms with Crippen molar-refractivity contribution in [1.29, 1.82) is 0 Å². The van der Waals surface area contributed by atoms with Crippen molar-refractivity contribution in [2.45, 2.75) is 0 Å². The zero-order valence-corrected chi connectivity index (χ0v) is 20.7. The Labute approximate surface area is 222 Å². The largest absolute Gasteiger partial charge is 0.445 e. The molecule has 0 bridgehead atoms. The van der Waals surface area contributed by atoms with E-state index in [2.05, 4.69) is 75.2 Å². The van der Waals surface area contributed by atoms with Crippen LogP contribution in [0.1, 0.15) is 0 Å². The summed E-state index contributed by atoms with van der Waals surface area (Å²) in [5.74, 6) is 1.16. The number of oxazole rings is 2. The molecule has 0 aliphatic carbocycles. The standard InChI is InChI=1S/C33H20N4O2/c1-3-10-29-23(7-1)24-14-12-21(32-36-28-9-2-4-11-31(28)39-32)19-30(24)37(29)22-13-15-25(33-35-17-18-38-33)26(20-22)27-8-5-6-16-34-27/h1-20H. The molecule has 0 radical (unpaired) electrons. The molecule has 0 fully saturated rings. The number of nitrogens with zero attached hydrogens (tertiary/aromatic N) is 4. The molecule has 0 atom stereocenters. The maximum Gasteiger partial charge on any atom is 0.227 e. The summed E-state index contributed by atoms with van der Waals surface area (Å²) >= 11 is 0. The third-order valence-electron chi connectivity index (χ3n) is 7.08. The number of benzene rings is 4. The minimum Gasteiger partial charge on any atom is -0.445 e. The zero-order valence-electron chi connectivity index (χ0n) is 20.7. The molecular weight excluding hydrogens is 484 g/mol. The number of fused-ring (bicyclic) bond motifs is 4.